The third-order valence-electron chi connectivity index (χ3n) is 2.39. The number of hydrogen-bond acceptors (Lipinski definition) is 2. The van der Waals surface area contributed by atoms with E-state index in [1.54, 1.807) is 11.6 Å². The van der Waals surface area contributed by atoms with E-state index >= 15 is 0 Å². The lowest BCUT2D eigenvalue weighted by Crippen LogP contribution is -2.09. The molecule has 0 unspecified atom stereocenters. The van der Waals surface area contributed by atoms with Gasteiger partial charge >= 0.3 is 0 Å². The van der Waals surface area contributed by atoms with Gasteiger partial charge in [0.2, 0.25) is 0 Å². The van der Waals surface area contributed by atoms with Gasteiger partial charge in [-0.2, -0.15) is 5.10 Å². The second kappa shape index (κ2) is 6.46. The average Bonchev–Trinajstić information content (AvgIpc) is 2.44. The summed E-state index contributed by atoms with van der Waals surface area (Å²) in [5, 5.41) is 4.37. The number of carbonyl (C=O) groups is 1. The standard InChI is InChI=1S/C11H18N2O.C2H6/c1-7(2)11-9(4)12-13(10(11)5)6-8(3)14;1-2/h7H,6H2,1-5H3;1-2H3. The summed E-state index contributed by atoms with van der Waals surface area (Å²) in [6.45, 7) is 14.3. The minimum absolute atomic E-state index is 0.144. The molecule has 0 atom stereocenters. The highest BCUT2D eigenvalue weighted by molar-refractivity contribution is 5.75. The Balaban J connectivity index is 0.00000106. The van der Waals surface area contributed by atoms with Crippen LogP contribution in [0.4, 0.5) is 0 Å². The molecule has 0 aromatic carbocycles. The van der Waals surface area contributed by atoms with Crippen LogP contribution in [0, 0.1) is 13.8 Å². The smallest absolute Gasteiger partial charge is 0.151 e. The minimum Gasteiger partial charge on any atom is -0.298 e. The molecule has 1 heterocycles. The van der Waals surface area contributed by atoms with Gasteiger partial charge in [0, 0.05) is 5.69 Å². The summed E-state index contributed by atoms with van der Waals surface area (Å²) in [5.41, 5.74) is 3.43. The molecular weight excluding hydrogens is 200 g/mol. The Hall–Kier alpha value is -1.12. The Morgan fingerprint density at radius 3 is 2.12 bits per heavy atom. The average molecular weight is 224 g/mol. The molecule has 0 radical (unpaired) electrons. The van der Waals surface area contributed by atoms with Crippen molar-refractivity contribution in [2.24, 2.45) is 0 Å². The third-order valence-corrected chi connectivity index (χ3v) is 2.39. The van der Waals surface area contributed by atoms with Gasteiger partial charge in [0.15, 0.2) is 5.78 Å². The van der Waals surface area contributed by atoms with E-state index < -0.39 is 0 Å². The number of Topliss-reactive ketones (excluding diaryl/α,β-unsaturated/α-hetero) is 1. The van der Waals surface area contributed by atoms with Gasteiger partial charge in [0.1, 0.15) is 0 Å². The number of aromatic nitrogens is 2. The molecule has 0 aliphatic carbocycles. The second-order valence-corrected chi connectivity index (χ2v) is 4.10. The lowest BCUT2D eigenvalue weighted by molar-refractivity contribution is -0.117. The number of ketones is 1. The Morgan fingerprint density at radius 2 is 1.81 bits per heavy atom. The molecule has 92 valence electrons. The summed E-state index contributed by atoms with van der Waals surface area (Å²) in [5.74, 6) is 0.613. The zero-order valence-corrected chi connectivity index (χ0v) is 11.6. The molecule has 0 N–H and O–H groups in total. The molecule has 3 heteroatoms. The number of rotatable bonds is 3. The van der Waals surface area contributed by atoms with Crippen LogP contribution in [0.25, 0.3) is 0 Å². The van der Waals surface area contributed by atoms with Crippen LogP contribution in [0.5, 0.6) is 0 Å². The van der Waals surface area contributed by atoms with Crippen LogP contribution < -0.4 is 0 Å². The third kappa shape index (κ3) is 3.47. The number of carbonyl (C=O) groups excluding carboxylic acids is 1. The predicted octanol–water partition coefficient (Wildman–Crippen LogP) is 3.24. The summed E-state index contributed by atoms with van der Waals surface area (Å²) in [6, 6.07) is 0. The van der Waals surface area contributed by atoms with Crippen LogP contribution >= 0.6 is 0 Å². The van der Waals surface area contributed by atoms with E-state index in [4.69, 9.17) is 0 Å². The summed E-state index contributed by atoms with van der Waals surface area (Å²) >= 11 is 0. The normalized spacial score (nSPS) is 10.0. The van der Waals surface area contributed by atoms with Crippen molar-refractivity contribution >= 4 is 5.78 Å². The summed E-state index contributed by atoms with van der Waals surface area (Å²) in [7, 11) is 0. The van der Waals surface area contributed by atoms with Crippen LogP contribution in [0.1, 0.15) is 57.5 Å². The summed E-state index contributed by atoms with van der Waals surface area (Å²) in [6.07, 6.45) is 0. The van der Waals surface area contributed by atoms with Crippen LogP contribution in [0.3, 0.4) is 0 Å². The van der Waals surface area contributed by atoms with Crippen molar-refractivity contribution < 1.29 is 4.79 Å². The van der Waals surface area contributed by atoms with E-state index in [9.17, 15) is 4.79 Å². The van der Waals surface area contributed by atoms with Crippen molar-refractivity contribution in [1.82, 2.24) is 9.78 Å². The maximum atomic E-state index is 11.0. The lowest BCUT2D eigenvalue weighted by atomic mass is 10.0. The van der Waals surface area contributed by atoms with E-state index in [2.05, 4.69) is 18.9 Å². The topological polar surface area (TPSA) is 34.9 Å². The van der Waals surface area contributed by atoms with Gasteiger partial charge in [-0.3, -0.25) is 9.48 Å². The number of nitrogens with zero attached hydrogens (tertiary/aromatic N) is 2. The van der Waals surface area contributed by atoms with E-state index in [-0.39, 0.29) is 5.78 Å². The van der Waals surface area contributed by atoms with Gasteiger partial charge in [0.25, 0.3) is 0 Å². The number of hydrogen-bond donors (Lipinski definition) is 0. The Labute approximate surface area is 98.9 Å². The quantitative estimate of drug-likeness (QED) is 0.790. The Bertz CT molecular complexity index is 351. The molecule has 0 saturated carbocycles. The van der Waals surface area contributed by atoms with E-state index in [0.717, 1.165) is 11.4 Å². The zero-order valence-electron chi connectivity index (χ0n) is 11.6. The highest BCUT2D eigenvalue weighted by Crippen LogP contribution is 2.22. The first-order valence-corrected chi connectivity index (χ1v) is 5.96. The first-order valence-electron chi connectivity index (χ1n) is 5.96. The molecule has 1 aromatic rings. The maximum absolute atomic E-state index is 11.0. The van der Waals surface area contributed by atoms with Gasteiger partial charge < -0.3 is 0 Å². The SMILES string of the molecule is CC.CC(=O)Cn1nc(C)c(C(C)C)c1C. The maximum Gasteiger partial charge on any atom is 0.151 e. The second-order valence-electron chi connectivity index (χ2n) is 4.10. The fourth-order valence-corrected chi connectivity index (χ4v) is 1.91. The first-order chi connectivity index (χ1) is 7.43. The van der Waals surface area contributed by atoms with Gasteiger partial charge in [-0.1, -0.05) is 27.7 Å². The van der Waals surface area contributed by atoms with Crippen LogP contribution in [0.15, 0.2) is 0 Å². The summed E-state index contributed by atoms with van der Waals surface area (Å²) < 4.78 is 1.80. The molecule has 0 aliphatic rings. The number of aryl methyl sites for hydroxylation is 1. The van der Waals surface area contributed by atoms with Gasteiger partial charge in [-0.05, 0) is 32.3 Å². The highest BCUT2D eigenvalue weighted by Gasteiger charge is 2.14. The largest absolute Gasteiger partial charge is 0.298 e. The monoisotopic (exact) mass is 224 g/mol. The molecule has 0 amide bonds. The summed E-state index contributed by atoms with van der Waals surface area (Å²) in [4.78, 5) is 11.0. The highest BCUT2D eigenvalue weighted by atomic mass is 16.1. The molecule has 0 fully saturated rings. The molecule has 0 spiro atoms. The predicted molar refractivity (Wildman–Crippen MR) is 67.8 cm³/mol. The van der Waals surface area contributed by atoms with Crippen molar-refractivity contribution in [3.05, 3.63) is 17.0 Å². The molecule has 3 nitrogen and oxygen atoms in total. The first kappa shape index (κ1) is 14.9. The molecule has 1 aromatic heterocycles. The zero-order chi connectivity index (χ0) is 12.9. The van der Waals surface area contributed by atoms with Crippen molar-refractivity contribution in [3.8, 4) is 0 Å². The van der Waals surface area contributed by atoms with Gasteiger partial charge in [-0.25, -0.2) is 0 Å². The van der Waals surface area contributed by atoms with Crippen molar-refractivity contribution in [3.63, 3.8) is 0 Å². The van der Waals surface area contributed by atoms with E-state index in [1.165, 1.54) is 5.56 Å². The fourth-order valence-electron chi connectivity index (χ4n) is 1.91. The minimum atomic E-state index is 0.144. The van der Waals surface area contributed by atoms with Crippen molar-refractivity contribution in [1.29, 1.82) is 0 Å². The molecule has 16 heavy (non-hydrogen) atoms. The van der Waals surface area contributed by atoms with Crippen LogP contribution in [-0.2, 0) is 11.3 Å². The van der Waals surface area contributed by atoms with Gasteiger partial charge in [-0.15, -0.1) is 0 Å². The lowest BCUT2D eigenvalue weighted by Gasteiger charge is -2.05. The van der Waals surface area contributed by atoms with E-state index in [0.29, 0.717) is 12.5 Å². The molecule has 0 saturated heterocycles. The molecule has 0 bridgehead atoms. The molecule has 0 aliphatic heterocycles. The van der Waals surface area contributed by atoms with Crippen molar-refractivity contribution in [2.75, 3.05) is 0 Å². The molecular formula is C13H24N2O. The Kier molecular flexibility index (Phi) is 6.01. The van der Waals surface area contributed by atoms with Gasteiger partial charge in [0.05, 0.1) is 12.2 Å². The van der Waals surface area contributed by atoms with E-state index in [1.807, 2.05) is 27.7 Å². The van der Waals surface area contributed by atoms with Crippen molar-refractivity contribution in [2.45, 2.75) is 60.9 Å². The fraction of sp³-hybridized carbons (Fsp3) is 0.692. The molecule has 1 rings (SSSR count). The van der Waals surface area contributed by atoms with Crippen LogP contribution in [-0.4, -0.2) is 15.6 Å². The van der Waals surface area contributed by atoms with Crippen LogP contribution in [0.2, 0.25) is 0 Å². The Morgan fingerprint density at radius 1 is 1.31 bits per heavy atom.